The molecule has 2 nitrogen and oxygen atoms in total. The Labute approximate surface area is 108 Å². The number of carboxylic acid groups (broad SMARTS) is 1. The molecule has 0 aliphatic carbocycles. The fourth-order valence-electron chi connectivity index (χ4n) is 1.58. The molecule has 0 saturated carbocycles. The quantitative estimate of drug-likeness (QED) is 0.909. The maximum Gasteiger partial charge on any atom is 0.335 e. The lowest BCUT2D eigenvalue weighted by Gasteiger charge is -2.05. The first-order valence-corrected chi connectivity index (χ1v) is 6.15. The monoisotopic (exact) mass is 262 g/mol. The molecule has 2 aromatic rings. The first-order chi connectivity index (χ1) is 8.56. The van der Waals surface area contributed by atoms with Crippen LogP contribution in [0.3, 0.4) is 0 Å². The van der Waals surface area contributed by atoms with Crippen LogP contribution in [0.2, 0.25) is 0 Å². The van der Waals surface area contributed by atoms with Crippen LogP contribution in [0.5, 0.6) is 0 Å². The number of halogens is 1. The highest BCUT2D eigenvalue weighted by Crippen LogP contribution is 2.29. The Hall–Kier alpha value is -1.81. The molecule has 0 unspecified atom stereocenters. The molecule has 0 bridgehead atoms. The number of rotatable bonds is 3. The third-order valence-corrected chi connectivity index (χ3v) is 3.48. The predicted octanol–water partition coefficient (Wildman–Crippen LogP) is 3.98. The van der Waals surface area contributed by atoms with Gasteiger partial charge < -0.3 is 5.11 Å². The molecule has 18 heavy (non-hydrogen) atoms. The lowest BCUT2D eigenvalue weighted by molar-refractivity contribution is 0.0696. The fourth-order valence-corrected chi connectivity index (χ4v) is 2.49. The molecule has 2 aromatic carbocycles. The zero-order valence-electron chi connectivity index (χ0n) is 9.68. The van der Waals surface area contributed by atoms with E-state index in [1.165, 1.54) is 23.9 Å². The number of aryl methyl sites for hydroxylation is 1. The van der Waals surface area contributed by atoms with E-state index in [4.69, 9.17) is 5.11 Å². The largest absolute Gasteiger partial charge is 0.478 e. The van der Waals surface area contributed by atoms with E-state index in [9.17, 15) is 9.18 Å². The second-order valence-corrected chi connectivity index (χ2v) is 4.98. The molecule has 0 saturated heterocycles. The third-order valence-electron chi connectivity index (χ3n) is 2.48. The van der Waals surface area contributed by atoms with Gasteiger partial charge in [-0.3, -0.25) is 0 Å². The molecule has 0 spiro atoms. The highest BCUT2D eigenvalue weighted by molar-refractivity contribution is 7.99. The minimum atomic E-state index is -0.925. The summed E-state index contributed by atoms with van der Waals surface area (Å²) in [6.45, 7) is 1.76. The van der Waals surface area contributed by atoms with Crippen molar-refractivity contribution in [1.29, 1.82) is 0 Å². The van der Waals surface area contributed by atoms with Gasteiger partial charge in [-0.2, -0.15) is 0 Å². The van der Waals surface area contributed by atoms with Crippen molar-refractivity contribution in [3.05, 3.63) is 59.4 Å². The Bertz CT molecular complexity index is 579. The van der Waals surface area contributed by atoms with Crippen molar-refractivity contribution < 1.29 is 14.3 Å². The average molecular weight is 262 g/mol. The van der Waals surface area contributed by atoms with E-state index < -0.39 is 5.97 Å². The van der Waals surface area contributed by atoms with Crippen LogP contribution < -0.4 is 0 Å². The molecule has 92 valence electrons. The zero-order chi connectivity index (χ0) is 13.1. The highest BCUT2D eigenvalue weighted by Gasteiger charge is 2.07. The smallest absolute Gasteiger partial charge is 0.335 e. The van der Waals surface area contributed by atoms with Crippen molar-refractivity contribution >= 4 is 17.7 Å². The van der Waals surface area contributed by atoms with Gasteiger partial charge in [0.1, 0.15) is 5.82 Å². The fraction of sp³-hybridized carbons (Fsp3) is 0.0714. The first-order valence-electron chi connectivity index (χ1n) is 5.33. The summed E-state index contributed by atoms with van der Waals surface area (Å²) in [7, 11) is 0. The maximum atomic E-state index is 12.8. The minimum Gasteiger partial charge on any atom is -0.478 e. The molecule has 0 atom stereocenters. The standard InChI is InChI=1S/C14H11FO2S/c1-9-8-12(6-7-13(9)14(16)17)18-11-4-2-10(15)3-5-11/h2-8H,1H3,(H,16,17). The van der Waals surface area contributed by atoms with E-state index in [2.05, 4.69) is 0 Å². The lowest BCUT2D eigenvalue weighted by Crippen LogP contribution is -1.98. The van der Waals surface area contributed by atoms with Crippen LogP contribution in [-0.2, 0) is 0 Å². The molecule has 0 aliphatic heterocycles. The Balaban J connectivity index is 2.22. The Morgan fingerprint density at radius 3 is 2.28 bits per heavy atom. The number of benzene rings is 2. The van der Waals surface area contributed by atoms with Crippen LogP contribution in [0.1, 0.15) is 15.9 Å². The number of hydrogen-bond acceptors (Lipinski definition) is 2. The Morgan fingerprint density at radius 2 is 1.72 bits per heavy atom. The van der Waals surface area contributed by atoms with Crippen LogP contribution in [0, 0.1) is 12.7 Å². The summed E-state index contributed by atoms with van der Waals surface area (Å²) >= 11 is 1.47. The van der Waals surface area contributed by atoms with Crippen molar-refractivity contribution in [2.75, 3.05) is 0 Å². The molecule has 1 N–H and O–H groups in total. The van der Waals surface area contributed by atoms with E-state index >= 15 is 0 Å². The molecule has 0 radical (unpaired) electrons. The van der Waals surface area contributed by atoms with Crippen molar-refractivity contribution in [1.82, 2.24) is 0 Å². The van der Waals surface area contributed by atoms with Gasteiger partial charge in [0.15, 0.2) is 0 Å². The Morgan fingerprint density at radius 1 is 1.11 bits per heavy atom. The molecule has 0 heterocycles. The first kappa shape index (κ1) is 12.6. The zero-order valence-corrected chi connectivity index (χ0v) is 10.5. The predicted molar refractivity (Wildman–Crippen MR) is 68.7 cm³/mol. The minimum absolute atomic E-state index is 0.267. The van der Waals surface area contributed by atoms with Gasteiger partial charge >= 0.3 is 5.97 Å². The third kappa shape index (κ3) is 2.90. The summed E-state index contributed by atoms with van der Waals surface area (Å²) in [5.41, 5.74) is 1.02. The summed E-state index contributed by atoms with van der Waals surface area (Å²) in [4.78, 5) is 12.7. The number of carboxylic acids is 1. The number of hydrogen-bond donors (Lipinski definition) is 1. The van der Waals surface area contributed by atoms with E-state index in [0.717, 1.165) is 15.4 Å². The number of carbonyl (C=O) groups is 1. The average Bonchev–Trinajstić information content (AvgIpc) is 2.32. The summed E-state index contributed by atoms with van der Waals surface area (Å²) in [5, 5.41) is 8.93. The van der Waals surface area contributed by atoms with Crippen LogP contribution >= 0.6 is 11.8 Å². The van der Waals surface area contributed by atoms with Gasteiger partial charge in [0.05, 0.1) is 5.56 Å². The second-order valence-electron chi connectivity index (χ2n) is 3.84. The Kier molecular flexibility index (Phi) is 3.67. The lowest BCUT2D eigenvalue weighted by atomic mass is 10.1. The highest BCUT2D eigenvalue weighted by atomic mass is 32.2. The van der Waals surface area contributed by atoms with Crippen LogP contribution in [-0.4, -0.2) is 11.1 Å². The van der Waals surface area contributed by atoms with Crippen LogP contribution in [0.4, 0.5) is 4.39 Å². The van der Waals surface area contributed by atoms with E-state index in [0.29, 0.717) is 5.56 Å². The van der Waals surface area contributed by atoms with Gasteiger partial charge in [-0.1, -0.05) is 11.8 Å². The maximum absolute atomic E-state index is 12.8. The van der Waals surface area contributed by atoms with E-state index in [-0.39, 0.29) is 5.82 Å². The van der Waals surface area contributed by atoms with E-state index in [1.54, 1.807) is 31.2 Å². The van der Waals surface area contributed by atoms with Gasteiger partial charge in [-0.15, -0.1) is 0 Å². The summed E-state index contributed by atoms with van der Waals surface area (Å²) < 4.78 is 12.8. The summed E-state index contributed by atoms with van der Waals surface area (Å²) in [5.74, 6) is -1.19. The van der Waals surface area contributed by atoms with Gasteiger partial charge in [0.2, 0.25) is 0 Å². The molecular formula is C14H11FO2S. The van der Waals surface area contributed by atoms with E-state index in [1.807, 2.05) is 6.07 Å². The van der Waals surface area contributed by atoms with Crippen molar-refractivity contribution in [3.63, 3.8) is 0 Å². The molecule has 0 aromatic heterocycles. The van der Waals surface area contributed by atoms with Crippen molar-refractivity contribution in [2.45, 2.75) is 16.7 Å². The summed E-state index contributed by atoms with van der Waals surface area (Å²) in [6.07, 6.45) is 0. The second kappa shape index (κ2) is 5.23. The molecule has 0 fully saturated rings. The summed E-state index contributed by atoms with van der Waals surface area (Å²) in [6, 6.07) is 11.4. The SMILES string of the molecule is Cc1cc(Sc2ccc(F)cc2)ccc1C(=O)O. The molecular weight excluding hydrogens is 251 g/mol. The van der Waals surface area contributed by atoms with Crippen LogP contribution in [0.25, 0.3) is 0 Å². The van der Waals surface area contributed by atoms with Gasteiger partial charge in [0, 0.05) is 9.79 Å². The van der Waals surface area contributed by atoms with Gasteiger partial charge in [0.25, 0.3) is 0 Å². The molecule has 0 amide bonds. The van der Waals surface area contributed by atoms with Gasteiger partial charge in [-0.05, 0) is 55.0 Å². The van der Waals surface area contributed by atoms with Crippen LogP contribution in [0.15, 0.2) is 52.3 Å². The normalized spacial score (nSPS) is 10.3. The molecule has 0 aliphatic rings. The topological polar surface area (TPSA) is 37.3 Å². The molecule has 2 rings (SSSR count). The molecule has 4 heteroatoms. The number of aromatic carboxylic acids is 1. The van der Waals surface area contributed by atoms with Crippen molar-refractivity contribution in [3.8, 4) is 0 Å². The van der Waals surface area contributed by atoms with Gasteiger partial charge in [-0.25, -0.2) is 9.18 Å². The van der Waals surface area contributed by atoms with Crippen molar-refractivity contribution in [2.24, 2.45) is 0 Å².